The molecule has 2 heterocycles. The predicted molar refractivity (Wildman–Crippen MR) is 116 cm³/mol. The third-order valence-electron chi connectivity index (χ3n) is 4.14. The molecule has 1 N–H and O–H groups in total. The van der Waals surface area contributed by atoms with Crippen LogP contribution in [0.4, 0.5) is 0 Å². The van der Waals surface area contributed by atoms with Crippen LogP contribution in [0.3, 0.4) is 0 Å². The highest BCUT2D eigenvalue weighted by Gasteiger charge is 2.32. The highest BCUT2D eigenvalue weighted by atomic mass is 79.9. The summed E-state index contributed by atoms with van der Waals surface area (Å²) < 4.78 is 6.66. The summed E-state index contributed by atoms with van der Waals surface area (Å²) in [5.74, 6) is 0.284. The number of amidine groups is 2. The Morgan fingerprint density at radius 3 is 2.93 bits per heavy atom. The molecule has 0 atom stereocenters. The average molecular weight is 455 g/mol. The Hall–Kier alpha value is -2.71. The van der Waals surface area contributed by atoms with Crippen molar-refractivity contribution in [2.45, 2.75) is 13.5 Å². The molecular weight excluding hydrogens is 440 g/mol. The van der Waals surface area contributed by atoms with Crippen molar-refractivity contribution in [1.29, 1.82) is 5.41 Å². The first kappa shape index (κ1) is 18.6. The number of aryl methyl sites for hydroxylation is 1. The molecule has 0 bridgehead atoms. The van der Waals surface area contributed by atoms with Crippen molar-refractivity contribution in [3.8, 4) is 5.75 Å². The van der Waals surface area contributed by atoms with Crippen LogP contribution in [-0.4, -0.2) is 27.5 Å². The average Bonchev–Trinajstić information content (AvgIpc) is 3.13. The van der Waals surface area contributed by atoms with Crippen molar-refractivity contribution >= 4 is 56.2 Å². The Balaban J connectivity index is 1.53. The quantitative estimate of drug-likeness (QED) is 0.685. The first-order valence-corrected chi connectivity index (χ1v) is 10.1. The summed E-state index contributed by atoms with van der Waals surface area (Å²) in [6, 6.07) is 13.7. The van der Waals surface area contributed by atoms with Crippen LogP contribution in [0, 0.1) is 12.3 Å². The molecule has 1 amide bonds. The third-order valence-corrected chi connectivity index (χ3v) is 5.43. The van der Waals surface area contributed by atoms with Crippen LogP contribution in [0.5, 0.6) is 5.75 Å². The SMILES string of the molecule is Cc1cccc(COc2ccc(/C=C3\C(=N)N4N=CSC4=NC3=O)cc2Br)c1. The van der Waals surface area contributed by atoms with E-state index in [9.17, 15) is 4.79 Å². The third kappa shape index (κ3) is 3.79. The fraction of sp³-hybridized carbons (Fsp3) is 0.100. The molecule has 2 aliphatic rings. The van der Waals surface area contributed by atoms with Gasteiger partial charge in [-0.3, -0.25) is 10.2 Å². The summed E-state index contributed by atoms with van der Waals surface area (Å²) in [6.45, 7) is 2.51. The lowest BCUT2D eigenvalue weighted by Crippen LogP contribution is -2.35. The number of aliphatic imine (C=N–C) groups is 1. The van der Waals surface area contributed by atoms with Gasteiger partial charge in [-0.2, -0.15) is 15.1 Å². The second-order valence-corrected chi connectivity index (χ2v) is 7.89. The van der Waals surface area contributed by atoms with Crippen molar-refractivity contribution in [2.75, 3.05) is 0 Å². The molecule has 0 unspecified atom stereocenters. The number of hydrogen-bond donors (Lipinski definition) is 1. The second kappa shape index (κ2) is 7.73. The Bertz CT molecular complexity index is 1080. The van der Waals surface area contributed by atoms with Gasteiger partial charge in [-0.1, -0.05) is 35.9 Å². The molecule has 4 rings (SSSR count). The maximum Gasteiger partial charge on any atom is 0.283 e. The van der Waals surface area contributed by atoms with Gasteiger partial charge in [0.1, 0.15) is 12.4 Å². The number of nitrogens with zero attached hydrogens (tertiary/aromatic N) is 3. The normalized spacial score (nSPS) is 17.1. The first-order valence-electron chi connectivity index (χ1n) is 8.42. The molecule has 8 heteroatoms. The highest BCUT2D eigenvalue weighted by molar-refractivity contribution is 9.10. The number of halogens is 1. The van der Waals surface area contributed by atoms with E-state index >= 15 is 0 Å². The zero-order valence-electron chi connectivity index (χ0n) is 14.8. The van der Waals surface area contributed by atoms with Gasteiger partial charge >= 0.3 is 0 Å². The van der Waals surface area contributed by atoms with Crippen LogP contribution in [0.25, 0.3) is 6.08 Å². The van der Waals surface area contributed by atoms with Crippen LogP contribution in [0.2, 0.25) is 0 Å². The van der Waals surface area contributed by atoms with E-state index in [1.165, 1.54) is 22.3 Å². The smallest absolute Gasteiger partial charge is 0.283 e. The summed E-state index contributed by atoms with van der Waals surface area (Å²) >= 11 is 4.74. The number of rotatable bonds is 4. The second-order valence-electron chi connectivity index (χ2n) is 6.22. The molecule has 0 radical (unpaired) electrons. The molecule has 28 heavy (non-hydrogen) atoms. The van der Waals surface area contributed by atoms with Crippen LogP contribution in [-0.2, 0) is 11.4 Å². The van der Waals surface area contributed by atoms with E-state index in [-0.39, 0.29) is 11.4 Å². The fourth-order valence-electron chi connectivity index (χ4n) is 2.79. The van der Waals surface area contributed by atoms with Crippen LogP contribution < -0.4 is 4.74 Å². The number of hydrogen-bond acceptors (Lipinski definition) is 5. The van der Waals surface area contributed by atoms with Crippen LogP contribution in [0.15, 0.2) is 62.6 Å². The predicted octanol–water partition coefficient (Wildman–Crippen LogP) is 4.59. The molecule has 0 spiro atoms. The number of carbonyl (C=O) groups is 1. The summed E-state index contributed by atoms with van der Waals surface area (Å²) in [4.78, 5) is 16.2. The molecule has 6 nitrogen and oxygen atoms in total. The lowest BCUT2D eigenvalue weighted by molar-refractivity contribution is -0.114. The number of carbonyl (C=O) groups excluding carboxylic acids is 1. The number of thioether (sulfide) groups is 1. The summed E-state index contributed by atoms with van der Waals surface area (Å²) in [6.07, 6.45) is 1.64. The Morgan fingerprint density at radius 1 is 1.29 bits per heavy atom. The van der Waals surface area contributed by atoms with Gasteiger partial charge in [-0.05, 0) is 64.0 Å². The molecule has 0 aromatic heterocycles. The zero-order chi connectivity index (χ0) is 19.7. The van der Waals surface area contributed by atoms with Crippen molar-refractivity contribution in [2.24, 2.45) is 10.1 Å². The fourth-order valence-corrected chi connectivity index (χ4v) is 3.91. The monoisotopic (exact) mass is 454 g/mol. The molecule has 2 aliphatic heterocycles. The number of nitrogens with one attached hydrogen (secondary N) is 1. The number of fused-ring (bicyclic) bond motifs is 1. The molecule has 0 saturated carbocycles. The van der Waals surface area contributed by atoms with Crippen LogP contribution >= 0.6 is 27.7 Å². The van der Waals surface area contributed by atoms with E-state index in [0.717, 1.165) is 15.6 Å². The van der Waals surface area contributed by atoms with E-state index in [1.807, 2.05) is 43.3 Å². The maximum absolute atomic E-state index is 12.3. The van der Waals surface area contributed by atoms with E-state index in [0.29, 0.717) is 17.5 Å². The van der Waals surface area contributed by atoms with Crippen LogP contribution in [0.1, 0.15) is 16.7 Å². The highest BCUT2D eigenvalue weighted by Crippen LogP contribution is 2.29. The minimum atomic E-state index is -0.440. The summed E-state index contributed by atoms with van der Waals surface area (Å²) in [7, 11) is 0. The van der Waals surface area contributed by atoms with Crippen molar-refractivity contribution in [1.82, 2.24) is 5.01 Å². The van der Waals surface area contributed by atoms with Gasteiger partial charge in [0, 0.05) is 0 Å². The number of benzene rings is 2. The largest absolute Gasteiger partial charge is 0.488 e. The minimum absolute atomic E-state index is 0.0205. The Morgan fingerprint density at radius 2 is 2.14 bits per heavy atom. The standard InChI is InChI=1S/C20H15BrN4O2S/c1-12-3-2-4-14(7-12)10-27-17-6-5-13(9-16(17)21)8-15-18(22)25-20(24-19(15)26)28-11-23-25/h2-9,11,22H,10H2,1H3/b15-8+,22-18?. The van der Waals surface area contributed by atoms with Gasteiger partial charge < -0.3 is 4.74 Å². The molecule has 140 valence electrons. The van der Waals surface area contributed by atoms with Gasteiger partial charge in [0.05, 0.1) is 15.6 Å². The molecule has 2 aromatic rings. The van der Waals surface area contributed by atoms with Gasteiger partial charge in [0.15, 0.2) is 11.0 Å². The maximum atomic E-state index is 12.3. The summed E-state index contributed by atoms with van der Waals surface area (Å²) in [5.41, 5.74) is 4.80. The number of ether oxygens (including phenoxy) is 1. The van der Waals surface area contributed by atoms with E-state index in [1.54, 1.807) is 11.6 Å². The lowest BCUT2D eigenvalue weighted by atomic mass is 10.1. The van der Waals surface area contributed by atoms with Crippen molar-refractivity contribution in [3.05, 3.63) is 69.2 Å². The molecule has 0 fully saturated rings. The van der Waals surface area contributed by atoms with E-state index < -0.39 is 5.91 Å². The number of hydrazone groups is 1. The molecule has 2 aromatic carbocycles. The van der Waals surface area contributed by atoms with E-state index in [4.69, 9.17) is 10.1 Å². The zero-order valence-corrected chi connectivity index (χ0v) is 17.3. The van der Waals surface area contributed by atoms with E-state index in [2.05, 4.69) is 32.1 Å². The minimum Gasteiger partial charge on any atom is -0.488 e. The van der Waals surface area contributed by atoms with Crippen molar-refractivity contribution in [3.63, 3.8) is 0 Å². The number of amides is 1. The lowest BCUT2D eigenvalue weighted by Gasteiger charge is -2.20. The summed E-state index contributed by atoms with van der Waals surface area (Å²) in [5, 5.41) is 14.0. The molecule has 0 saturated heterocycles. The molecular formula is C20H15BrN4O2S. The Labute approximate surface area is 174 Å². The first-order chi connectivity index (χ1) is 13.5. The van der Waals surface area contributed by atoms with Crippen molar-refractivity contribution < 1.29 is 9.53 Å². The Kier molecular flexibility index (Phi) is 5.15. The van der Waals surface area contributed by atoms with Gasteiger partial charge in [-0.25, -0.2) is 0 Å². The van der Waals surface area contributed by atoms with Gasteiger partial charge in [0.25, 0.3) is 5.91 Å². The topological polar surface area (TPSA) is 78.1 Å². The molecule has 0 aliphatic carbocycles. The van der Waals surface area contributed by atoms with Gasteiger partial charge in [0.2, 0.25) is 0 Å². The van der Waals surface area contributed by atoms with Gasteiger partial charge in [-0.15, -0.1) is 0 Å².